The van der Waals surface area contributed by atoms with E-state index >= 15 is 0 Å². The van der Waals surface area contributed by atoms with Gasteiger partial charge in [-0.25, -0.2) is 13.1 Å². The number of ether oxygens (including phenoxy) is 1. The highest BCUT2D eigenvalue weighted by molar-refractivity contribution is 7.89. The van der Waals surface area contributed by atoms with Gasteiger partial charge in [-0.2, -0.15) is 5.26 Å². The van der Waals surface area contributed by atoms with E-state index in [0.29, 0.717) is 6.61 Å². The molecule has 0 fully saturated rings. The molecular formula is C7H14N2O3S. The maximum Gasteiger partial charge on any atom is 0.225 e. The Kier molecular flexibility index (Phi) is 5.62. The maximum atomic E-state index is 11.0. The Hall–Kier alpha value is -0.640. The minimum Gasteiger partial charge on any atom is -0.377 e. The van der Waals surface area contributed by atoms with Crippen molar-refractivity contribution >= 4 is 10.0 Å². The van der Waals surface area contributed by atoms with Gasteiger partial charge >= 0.3 is 0 Å². The minimum absolute atomic E-state index is 0.168. The molecule has 0 aromatic carbocycles. The second kappa shape index (κ2) is 5.91. The molecule has 76 valence electrons. The van der Waals surface area contributed by atoms with Crippen LogP contribution in [-0.2, 0) is 14.8 Å². The average Bonchev–Trinajstić information content (AvgIpc) is 2.02. The molecule has 0 aliphatic carbocycles. The van der Waals surface area contributed by atoms with Crippen LogP contribution >= 0.6 is 0 Å². The highest BCUT2D eigenvalue weighted by Gasteiger charge is 2.10. The van der Waals surface area contributed by atoms with Crippen LogP contribution < -0.4 is 4.72 Å². The van der Waals surface area contributed by atoms with Crippen molar-refractivity contribution in [1.29, 1.82) is 5.26 Å². The van der Waals surface area contributed by atoms with Crippen LogP contribution in [0.15, 0.2) is 0 Å². The van der Waals surface area contributed by atoms with Crippen LogP contribution in [0, 0.1) is 11.3 Å². The molecule has 0 radical (unpaired) electrons. The van der Waals surface area contributed by atoms with Crippen LogP contribution in [0.4, 0.5) is 0 Å². The molecule has 1 N–H and O–H groups in total. The Balaban J connectivity index is 3.82. The standard InChI is InChI=1S/C7H14N2O3S/c1-3-12-7(2)6-9-13(10,11)5-4-8/h7,9H,3,5-6H2,1-2H3. The van der Waals surface area contributed by atoms with Gasteiger partial charge in [-0.1, -0.05) is 0 Å². The lowest BCUT2D eigenvalue weighted by Crippen LogP contribution is -2.33. The molecule has 0 aliphatic rings. The predicted molar refractivity (Wildman–Crippen MR) is 48.5 cm³/mol. The van der Waals surface area contributed by atoms with Gasteiger partial charge in [-0.05, 0) is 13.8 Å². The second-order valence-corrected chi connectivity index (χ2v) is 4.34. The fourth-order valence-corrected chi connectivity index (χ4v) is 1.48. The summed E-state index contributed by atoms with van der Waals surface area (Å²) >= 11 is 0. The number of rotatable bonds is 6. The molecule has 0 spiro atoms. The Morgan fingerprint density at radius 2 is 2.23 bits per heavy atom. The van der Waals surface area contributed by atoms with Crippen molar-refractivity contribution in [2.75, 3.05) is 18.9 Å². The number of hydrogen-bond acceptors (Lipinski definition) is 4. The van der Waals surface area contributed by atoms with E-state index in [1.165, 1.54) is 0 Å². The monoisotopic (exact) mass is 206 g/mol. The molecule has 0 rings (SSSR count). The van der Waals surface area contributed by atoms with E-state index in [-0.39, 0.29) is 12.6 Å². The first kappa shape index (κ1) is 12.4. The number of sulfonamides is 1. The third-order valence-electron chi connectivity index (χ3n) is 1.30. The molecule has 0 amide bonds. The summed E-state index contributed by atoms with van der Waals surface area (Å²) in [6.45, 7) is 4.34. The average molecular weight is 206 g/mol. The van der Waals surface area contributed by atoms with Gasteiger partial charge in [0.1, 0.15) is 0 Å². The predicted octanol–water partition coefficient (Wildman–Crippen LogP) is -0.146. The number of nitrogens with zero attached hydrogens (tertiary/aromatic N) is 1. The maximum absolute atomic E-state index is 11.0. The van der Waals surface area contributed by atoms with Gasteiger partial charge < -0.3 is 4.74 Å². The van der Waals surface area contributed by atoms with Gasteiger partial charge in [-0.15, -0.1) is 0 Å². The van der Waals surface area contributed by atoms with Crippen LogP contribution in [0.3, 0.4) is 0 Å². The lowest BCUT2D eigenvalue weighted by molar-refractivity contribution is 0.0800. The van der Waals surface area contributed by atoms with Gasteiger partial charge in [0.25, 0.3) is 0 Å². The van der Waals surface area contributed by atoms with E-state index in [4.69, 9.17) is 10.00 Å². The first-order chi connectivity index (χ1) is 6.02. The van der Waals surface area contributed by atoms with Crippen molar-refractivity contribution in [2.45, 2.75) is 20.0 Å². The molecule has 0 saturated heterocycles. The summed E-state index contributed by atoms with van der Waals surface area (Å²) in [5.41, 5.74) is 0. The van der Waals surface area contributed by atoms with Crippen molar-refractivity contribution in [3.63, 3.8) is 0 Å². The molecule has 0 heterocycles. The molecule has 0 aromatic rings. The normalized spacial score (nSPS) is 13.6. The molecular weight excluding hydrogens is 192 g/mol. The zero-order chi connectivity index (χ0) is 10.3. The molecule has 0 bridgehead atoms. The third-order valence-corrected chi connectivity index (χ3v) is 2.41. The Bertz CT molecular complexity index is 268. The van der Waals surface area contributed by atoms with Crippen LogP contribution in [0.1, 0.15) is 13.8 Å². The smallest absolute Gasteiger partial charge is 0.225 e. The van der Waals surface area contributed by atoms with Gasteiger partial charge in [-0.3, -0.25) is 0 Å². The highest BCUT2D eigenvalue weighted by Crippen LogP contribution is 1.90. The number of hydrogen-bond donors (Lipinski definition) is 1. The van der Waals surface area contributed by atoms with Crippen LogP contribution in [0.5, 0.6) is 0 Å². The second-order valence-electron chi connectivity index (χ2n) is 2.53. The first-order valence-electron chi connectivity index (χ1n) is 3.97. The van der Waals surface area contributed by atoms with Crippen molar-refractivity contribution in [2.24, 2.45) is 0 Å². The molecule has 1 unspecified atom stereocenters. The zero-order valence-corrected chi connectivity index (χ0v) is 8.60. The zero-order valence-electron chi connectivity index (χ0n) is 7.78. The van der Waals surface area contributed by atoms with E-state index in [1.54, 1.807) is 13.0 Å². The molecule has 6 heteroatoms. The largest absolute Gasteiger partial charge is 0.377 e. The van der Waals surface area contributed by atoms with Crippen LogP contribution in [-0.4, -0.2) is 33.4 Å². The lowest BCUT2D eigenvalue weighted by Gasteiger charge is -2.11. The summed E-state index contributed by atoms with van der Waals surface area (Å²) in [7, 11) is -3.44. The number of nitrogens with one attached hydrogen (secondary N) is 1. The fourth-order valence-electron chi connectivity index (χ4n) is 0.724. The SMILES string of the molecule is CCOC(C)CNS(=O)(=O)CC#N. The Morgan fingerprint density at radius 1 is 1.62 bits per heavy atom. The van der Waals surface area contributed by atoms with Crippen molar-refractivity contribution < 1.29 is 13.2 Å². The highest BCUT2D eigenvalue weighted by atomic mass is 32.2. The van der Waals surface area contributed by atoms with E-state index in [2.05, 4.69) is 4.72 Å². The van der Waals surface area contributed by atoms with E-state index in [1.807, 2.05) is 6.92 Å². The lowest BCUT2D eigenvalue weighted by atomic mass is 10.4. The molecule has 13 heavy (non-hydrogen) atoms. The van der Waals surface area contributed by atoms with E-state index in [0.717, 1.165) is 0 Å². The summed E-state index contributed by atoms with van der Waals surface area (Å²) in [4.78, 5) is 0. The summed E-state index contributed by atoms with van der Waals surface area (Å²) in [5, 5.41) is 8.17. The van der Waals surface area contributed by atoms with Gasteiger partial charge in [0.15, 0.2) is 5.75 Å². The summed E-state index contributed by atoms with van der Waals surface area (Å²) in [5.74, 6) is -0.508. The molecule has 0 aromatic heterocycles. The third kappa shape index (κ3) is 6.51. The van der Waals surface area contributed by atoms with Gasteiger partial charge in [0.05, 0.1) is 12.2 Å². The van der Waals surface area contributed by atoms with Crippen LogP contribution in [0.25, 0.3) is 0 Å². The quantitative estimate of drug-likeness (QED) is 0.655. The topological polar surface area (TPSA) is 79.2 Å². The van der Waals surface area contributed by atoms with Crippen molar-refractivity contribution in [1.82, 2.24) is 4.72 Å². The van der Waals surface area contributed by atoms with Crippen molar-refractivity contribution in [3.05, 3.63) is 0 Å². The van der Waals surface area contributed by atoms with Gasteiger partial charge in [0.2, 0.25) is 10.0 Å². The molecule has 0 aliphatic heterocycles. The Labute approximate surface area is 78.7 Å². The van der Waals surface area contributed by atoms with Crippen LogP contribution in [0.2, 0.25) is 0 Å². The first-order valence-corrected chi connectivity index (χ1v) is 5.63. The van der Waals surface area contributed by atoms with E-state index in [9.17, 15) is 8.42 Å². The minimum atomic E-state index is -3.44. The van der Waals surface area contributed by atoms with Crippen molar-refractivity contribution in [3.8, 4) is 6.07 Å². The summed E-state index contributed by atoms with van der Waals surface area (Å²) < 4.78 is 29.3. The summed E-state index contributed by atoms with van der Waals surface area (Å²) in [6.07, 6.45) is -0.168. The van der Waals surface area contributed by atoms with E-state index < -0.39 is 15.8 Å². The number of nitriles is 1. The molecule has 5 nitrogen and oxygen atoms in total. The molecule has 0 saturated carbocycles. The van der Waals surface area contributed by atoms with Gasteiger partial charge in [0, 0.05) is 13.2 Å². The Morgan fingerprint density at radius 3 is 2.69 bits per heavy atom. The molecule has 1 atom stereocenters. The fraction of sp³-hybridized carbons (Fsp3) is 0.857. The summed E-state index contributed by atoms with van der Waals surface area (Å²) in [6, 6.07) is 1.57.